The van der Waals surface area contributed by atoms with Gasteiger partial charge in [-0.15, -0.1) is 0 Å². The fourth-order valence-electron chi connectivity index (χ4n) is 2.39. The maximum atomic E-state index is 11.4. The molecule has 5 heteroatoms. The van der Waals surface area contributed by atoms with Gasteiger partial charge in [-0.05, 0) is 38.3 Å². The van der Waals surface area contributed by atoms with Crippen LogP contribution in [0.2, 0.25) is 0 Å². The maximum absolute atomic E-state index is 11.4. The minimum Gasteiger partial charge on any atom is -0.469 e. The van der Waals surface area contributed by atoms with Gasteiger partial charge in [0.25, 0.3) is 0 Å². The van der Waals surface area contributed by atoms with Gasteiger partial charge in [-0.2, -0.15) is 0 Å². The summed E-state index contributed by atoms with van der Waals surface area (Å²) in [5.74, 6) is 0.592. The van der Waals surface area contributed by atoms with Crippen molar-refractivity contribution in [2.75, 3.05) is 12.4 Å². The topological polar surface area (TPSA) is 68.3 Å². The zero-order chi connectivity index (χ0) is 13.8. The molecule has 1 aliphatic carbocycles. The van der Waals surface area contributed by atoms with Crippen molar-refractivity contribution in [1.82, 2.24) is 4.98 Å². The van der Waals surface area contributed by atoms with Gasteiger partial charge in [0.1, 0.15) is 5.82 Å². The molecule has 1 aromatic rings. The second-order valence-corrected chi connectivity index (χ2v) is 4.86. The highest BCUT2D eigenvalue weighted by molar-refractivity contribution is 5.93. The number of hydrogen-bond donors (Lipinski definition) is 1. The molecular weight excluding hydrogens is 244 g/mol. The summed E-state index contributed by atoms with van der Waals surface area (Å²) in [6, 6.07) is 3.78. The number of nitrogens with zero attached hydrogens (tertiary/aromatic N) is 1. The zero-order valence-electron chi connectivity index (χ0n) is 11.2. The number of Topliss-reactive ketones (excluding diaryl/α,β-unsaturated/α-hetero) is 1. The summed E-state index contributed by atoms with van der Waals surface area (Å²) >= 11 is 0. The van der Waals surface area contributed by atoms with Crippen LogP contribution in [0.4, 0.5) is 5.82 Å². The van der Waals surface area contributed by atoms with Crippen LogP contribution in [0.1, 0.15) is 36.5 Å². The van der Waals surface area contributed by atoms with Crippen molar-refractivity contribution in [1.29, 1.82) is 0 Å². The van der Waals surface area contributed by atoms with Gasteiger partial charge in [-0.1, -0.05) is 0 Å². The standard InChI is InChI=1S/C14H18N2O3/c1-9(17)11-4-6-13(15-8-11)16-12-5-3-10(7-12)14(18)19-2/h4,6,8,10,12H,3,5,7H2,1-2H3,(H,15,16)/t10-,12+/m0/s1. The number of pyridine rings is 1. The Hall–Kier alpha value is -1.91. The van der Waals surface area contributed by atoms with E-state index >= 15 is 0 Å². The molecule has 1 heterocycles. The normalized spacial score (nSPS) is 22.0. The Morgan fingerprint density at radius 2 is 2.16 bits per heavy atom. The van der Waals surface area contributed by atoms with Crippen LogP contribution in [-0.4, -0.2) is 29.9 Å². The van der Waals surface area contributed by atoms with Crippen LogP contribution in [0, 0.1) is 5.92 Å². The predicted octanol–water partition coefficient (Wildman–Crippen LogP) is 2.04. The Labute approximate surface area is 112 Å². The third kappa shape index (κ3) is 3.30. The molecule has 0 saturated heterocycles. The molecule has 0 aliphatic heterocycles. The molecule has 5 nitrogen and oxygen atoms in total. The van der Waals surface area contributed by atoms with Crippen LogP contribution < -0.4 is 5.32 Å². The van der Waals surface area contributed by atoms with Gasteiger partial charge in [0.05, 0.1) is 13.0 Å². The number of methoxy groups -OCH3 is 1. The highest BCUT2D eigenvalue weighted by atomic mass is 16.5. The highest BCUT2D eigenvalue weighted by Crippen LogP contribution is 2.28. The lowest BCUT2D eigenvalue weighted by molar-refractivity contribution is -0.145. The first-order chi connectivity index (χ1) is 9.10. The Bertz CT molecular complexity index is 470. The molecule has 2 rings (SSSR count). The van der Waals surface area contributed by atoms with E-state index in [-0.39, 0.29) is 23.7 Å². The van der Waals surface area contributed by atoms with Crippen molar-refractivity contribution >= 4 is 17.6 Å². The van der Waals surface area contributed by atoms with Gasteiger partial charge in [0.2, 0.25) is 0 Å². The SMILES string of the molecule is COC(=O)[C@H]1CC[C@@H](Nc2ccc(C(C)=O)cn2)C1. The van der Waals surface area contributed by atoms with E-state index < -0.39 is 0 Å². The Morgan fingerprint density at radius 3 is 2.74 bits per heavy atom. The Morgan fingerprint density at radius 1 is 1.37 bits per heavy atom. The van der Waals surface area contributed by atoms with E-state index in [1.165, 1.54) is 14.0 Å². The van der Waals surface area contributed by atoms with Crippen molar-refractivity contribution in [3.8, 4) is 0 Å². The Balaban J connectivity index is 1.92. The fourth-order valence-corrected chi connectivity index (χ4v) is 2.39. The number of rotatable bonds is 4. The highest BCUT2D eigenvalue weighted by Gasteiger charge is 2.30. The lowest BCUT2D eigenvalue weighted by Gasteiger charge is -2.13. The maximum Gasteiger partial charge on any atom is 0.308 e. The average molecular weight is 262 g/mol. The monoisotopic (exact) mass is 262 g/mol. The fraction of sp³-hybridized carbons (Fsp3) is 0.500. The number of ether oxygens (including phenoxy) is 1. The van der Waals surface area contributed by atoms with Gasteiger partial charge < -0.3 is 10.1 Å². The van der Waals surface area contributed by atoms with Crippen LogP contribution in [0.5, 0.6) is 0 Å². The summed E-state index contributed by atoms with van der Waals surface area (Å²) < 4.78 is 4.75. The first kappa shape index (κ1) is 13.5. The second kappa shape index (κ2) is 5.82. The molecule has 1 fully saturated rings. The third-order valence-corrected chi connectivity index (χ3v) is 3.49. The number of aromatic nitrogens is 1. The third-order valence-electron chi connectivity index (χ3n) is 3.49. The Kier molecular flexibility index (Phi) is 4.14. The van der Waals surface area contributed by atoms with E-state index in [2.05, 4.69) is 10.3 Å². The molecule has 0 aromatic carbocycles. The van der Waals surface area contributed by atoms with Crippen molar-refractivity contribution in [3.63, 3.8) is 0 Å². The minimum atomic E-state index is -0.135. The second-order valence-electron chi connectivity index (χ2n) is 4.86. The molecule has 2 atom stereocenters. The van der Waals surface area contributed by atoms with E-state index in [0.29, 0.717) is 5.56 Å². The molecule has 0 unspecified atom stereocenters. The van der Waals surface area contributed by atoms with E-state index in [0.717, 1.165) is 25.1 Å². The van der Waals surface area contributed by atoms with Crippen LogP contribution in [-0.2, 0) is 9.53 Å². The quantitative estimate of drug-likeness (QED) is 0.664. The molecule has 1 aliphatic rings. The summed E-state index contributed by atoms with van der Waals surface area (Å²) in [7, 11) is 1.42. The summed E-state index contributed by atoms with van der Waals surface area (Å²) in [6.07, 6.45) is 4.10. The van der Waals surface area contributed by atoms with E-state index in [4.69, 9.17) is 4.74 Å². The first-order valence-electron chi connectivity index (χ1n) is 6.41. The lowest BCUT2D eigenvalue weighted by Crippen LogP contribution is -2.19. The van der Waals surface area contributed by atoms with Crippen LogP contribution in [0.25, 0.3) is 0 Å². The molecule has 0 amide bonds. The summed E-state index contributed by atoms with van der Waals surface area (Å²) in [5, 5.41) is 3.29. The number of carbonyl (C=O) groups is 2. The molecule has 1 aromatic heterocycles. The number of nitrogens with one attached hydrogen (secondary N) is 1. The average Bonchev–Trinajstić information content (AvgIpc) is 2.87. The number of hydrogen-bond acceptors (Lipinski definition) is 5. The first-order valence-corrected chi connectivity index (χ1v) is 6.41. The van der Waals surface area contributed by atoms with Crippen molar-refractivity contribution in [2.24, 2.45) is 5.92 Å². The van der Waals surface area contributed by atoms with Gasteiger partial charge in [-0.25, -0.2) is 4.98 Å². The van der Waals surface area contributed by atoms with E-state index in [1.54, 1.807) is 18.3 Å². The predicted molar refractivity (Wildman–Crippen MR) is 71.0 cm³/mol. The lowest BCUT2D eigenvalue weighted by atomic mass is 10.1. The molecule has 0 radical (unpaired) electrons. The van der Waals surface area contributed by atoms with Gasteiger partial charge in [0.15, 0.2) is 5.78 Å². The van der Waals surface area contributed by atoms with Crippen LogP contribution >= 0.6 is 0 Å². The zero-order valence-corrected chi connectivity index (χ0v) is 11.2. The van der Waals surface area contributed by atoms with E-state index in [9.17, 15) is 9.59 Å². The summed E-state index contributed by atoms with van der Waals surface area (Å²) in [5.41, 5.74) is 0.601. The largest absolute Gasteiger partial charge is 0.469 e. The van der Waals surface area contributed by atoms with Crippen molar-refractivity contribution in [2.45, 2.75) is 32.2 Å². The van der Waals surface area contributed by atoms with Gasteiger partial charge >= 0.3 is 5.97 Å². The minimum absolute atomic E-state index is 0.00525. The number of anilines is 1. The summed E-state index contributed by atoms with van der Waals surface area (Å²) in [4.78, 5) is 26.8. The smallest absolute Gasteiger partial charge is 0.308 e. The molecular formula is C14H18N2O3. The van der Waals surface area contributed by atoms with Crippen molar-refractivity contribution in [3.05, 3.63) is 23.9 Å². The van der Waals surface area contributed by atoms with Crippen LogP contribution in [0.3, 0.4) is 0 Å². The molecule has 1 N–H and O–H groups in total. The molecule has 0 spiro atoms. The molecule has 19 heavy (non-hydrogen) atoms. The summed E-state index contributed by atoms with van der Waals surface area (Å²) in [6.45, 7) is 1.52. The number of ketones is 1. The number of carbonyl (C=O) groups excluding carboxylic acids is 2. The molecule has 1 saturated carbocycles. The van der Waals surface area contributed by atoms with Gasteiger partial charge in [0, 0.05) is 17.8 Å². The molecule has 102 valence electrons. The van der Waals surface area contributed by atoms with E-state index in [1.807, 2.05) is 0 Å². The van der Waals surface area contributed by atoms with Gasteiger partial charge in [-0.3, -0.25) is 9.59 Å². The van der Waals surface area contributed by atoms with Crippen LogP contribution in [0.15, 0.2) is 18.3 Å². The van der Waals surface area contributed by atoms with Crippen molar-refractivity contribution < 1.29 is 14.3 Å². The number of esters is 1. The molecule has 0 bridgehead atoms.